The molecule has 0 aromatic heterocycles. The van der Waals surface area contributed by atoms with Crippen LogP contribution in [0.15, 0.2) is 30.3 Å². The number of esters is 1. The van der Waals surface area contributed by atoms with E-state index in [0.29, 0.717) is 12.2 Å². The second kappa shape index (κ2) is 7.58. The van der Waals surface area contributed by atoms with Gasteiger partial charge in [0.15, 0.2) is 0 Å². The Hall–Kier alpha value is -1.06. The Kier molecular flexibility index (Phi) is 6.96. The van der Waals surface area contributed by atoms with Crippen molar-refractivity contribution in [1.82, 2.24) is 0 Å². The fraction of sp³-hybridized carbons (Fsp3) is 0.222. The summed E-state index contributed by atoms with van der Waals surface area (Å²) in [5.41, 5.74) is 0.606. The number of nitrogens with two attached hydrogens (primary N) is 1. The molecule has 0 aliphatic carbocycles. The van der Waals surface area contributed by atoms with Crippen molar-refractivity contribution in [2.45, 2.75) is 6.92 Å². The molecule has 0 amide bonds. The monoisotopic (exact) mass is 201 g/mol. The number of ether oxygens (including phenoxy) is 1. The largest absolute Gasteiger partial charge is 0.462 e. The summed E-state index contributed by atoms with van der Waals surface area (Å²) in [5, 5.41) is 3.97. The van der Waals surface area contributed by atoms with Crippen LogP contribution in [0.2, 0.25) is 0 Å². The lowest BCUT2D eigenvalue weighted by atomic mass is 10.2. The van der Waals surface area contributed by atoms with Gasteiger partial charge in [0.2, 0.25) is 0 Å². The van der Waals surface area contributed by atoms with Gasteiger partial charge >= 0.3 is 5.97 Å². The van der Waals surface area contributed by atoms with Gasteiger partial charge in [-0.1, -0.05) is 18.2 Å². The first kappa shape index (κ1) is 11.9. The fourth-order valence-corrected chi connectivity index (χ4v) is 0.789. The smallest absolute Gasteiger partial charge is 0.338 e. The third-order valence-electron chi connectivity index (χ3n) is 1.28. The SMILES string of the molecule is CCOC(=O)c1ccccc1.NCl. The van der Waals surface area contributed by atoms with E-state index >= 15 is 0 Å². The first-order chi connectivity index (χ1) is 6.34. The molecular weight excluding hydrogens is 190 g/mol. The summed E-state index contributed by atoms with van der Waals surface area (Å²) in [7, 11) is 0. The first-order valence-corrected chi connectivity index (χ1v) is 4.22. The van der Waals surface area contributed by atoms with Gasteiger partial charge in [-0.25, -0.2) is 10.0 Å². The highest BCUT2D eigenvalue weighted by molar-refractivity contribution is 6.11. The van der Waals surface area contributed by atoms with Crippen molar-refractivity contribution in [3.63, 3.8) is 0 Å². The van der Waals surface area contributed by atoms with Crippen LogP contribution in [0.4, 0.5) is 0 Å². The van der Waals surface area contributed by atoms with Crippen LogP contribution in [0.5, 0.6) is 0 Å². The number of hydrogen-bond acceptors (Lipinski definition) is 3. The highest BCUT2D eigenvalue weighted by Crippen LogP contribution is 1.99. The molecule has 0 saturated heterocycles. The van der Waals surface area contributed by atoms with E-state index in [2.05, 4.69) is 17.0 Å². The molecule has 1 aromatic rings. The summed E-state index contributed by atoms with van der Waals surface area (Å²) in [6.07, 6.45) is 0. The molecule has 0 saturated carbocycles. The Bertz CT molecular complexity index is 239. The van der Waals surface area contributed by atoms with Crippen molar-refractivity contribution in [2.75, 3.05) is 6.61 Å². The summed E-state index contributed by atoms with van der Waals surface area (Å²) >= 11 is 4.14. The Labute approximate surface area is 82.6 Å². The minimum atomic E-state index is -0.256. The van der Waals surface area contributed by atoms with Crippen LogP contribution in [-0.2, 0) is 4.74 Å². The van der Waals surface area contributed by atoms with Crippen LogP contribution >= 0.6 is 11.8 Å². The van der Waals surface area contributed by atoms with Gasteiger partial charge in [-0.3, -0.25) is 0 Å². The van der Waals surface area contributed by atoms with Crippen molar-refractivity contribution in [3.8, 4) is 0 Å². The molecule has 0 spiro atoms. The third-order valence-corrected chi connectivity index (χ3v) is 1.28. The quantitative estimate of drug-likeness (QED) is 0.588. The zero-order valence-corrected chi connectivity index (χ0v) is 8.12. The zero-order chi connectivity index (χ0) is 10.1. The Morgan fingerprint density at radius 1 is 1.38 bits per heavy atom. The van der Waals surface area contributed by atoms with Gasteiger partial charge in [0.1, 0.15) is 0 Å². The van der Waals surface area contributed by atoms with Crippen molar-refractivity contribution in [1.29, 1.82) is 0 Å². The first-order valence-electron chi connectivity index (χ1n) is 3.78. The van der Waals surface area contributed by atoms with Gasteiger partial charge in [0.25, 0.3) is 0 Å². The predicted octanol–water partition coefficient (Wildman–Crippen LogP) is 1.96. The number of rotatable bonds is 2. The van der Waals surface area contributed by atoms with Crippen LogP contribution in [-0.4, -0.2) is 12.6 Å². The topological polar surface area (TPSA) is 52.3 Å². The molecule has 0 aliphatic rings. The fourth-order valence-electron chi connectivity index (χ4n) is 0.789. The van der Waals surface area contributed by atoms with Crippen molar-refractivity contribution >= 4 is 17.7 Å². The second-order valence-corrected chi connectivity index (χ2v) is 2.09. The van der Waals surface area contributed by atoms with E-state index in [-0.39, 0.29) is 5.97 Å². The normalized spacial score (nSPS) is 8.23. The van der Waals surface area contributed by atoms with Gasteiger partial charge in [-0.05, 0) is 30.8 Å². The summed E-state index contributed by atoms with van der Waals surface area (Å²) < 4.78 is 4.79. The molecule has 13 heavy (non-hydrogen) atoms. The average Bonchev–Trinajstić information content (AvgIpc) is 2.23. The van der Waals surface area contributed by atoms with E-state index in [1.165, 1.54) is 0 Å². The molecule has 0 unspecified atom stereocenters. The molecule has 0 atom stereocenters. The summed E-state index contributed by atoms with van der Waals surface area (Å²) in [6, 6.07) is 8.96. The van der Waals surface area contributed by atoms with Gasteiger partial charge in [-0.2, -0.15) is 0 Å². The van der Waals surface area contributed by atoms with E-state index in [1.807, 2.05) is 18.2 Å². The van der Waals surface area contributed by atoms with E-state index < -0.39 is 0 Å². The molecule has 0 radical (unpaired) electrons. The van der Waals surface area contributed by atoms with Crippen LogP contribution in [0.25, 0.3) is 0 Å². The molecule has 1 aromatic carbocycles. The minimum absolute atomic E-state index is 0.256. The summed E-state index contributed by atoms with van der Waals surface area (Å²) in [4.78, 5) is 11.0. The molecule has 72 valence electrons. The summed E-state index contributed by atoms with van der Waals surface area (Å²) in [5.74, 6) is -0.256. The molecule has 3 nitrogen and oxygen atoms in total. The molecule has 1 rings (SSSR count). The van der Waals surface area contributed by atoms with Gasteiger partial charge < -0.3 is 4.74 Å². The Balaban J connectivity index is 0.000000671. The van der Waals surface area contributed by atoms with Crippen LogP contribution < -0.4 is 5.25 Å². The van der Waals surface area contributed by atoms with Crippen molar-refractivity contribution in [3.05, 3.63) is 35.9 Å². The molecule has 2 N–H and O–H groups in total. The van der Waals surface area contributed by atoms with Gasteiger partial charge in [0.05, 0.1) is 12.2 Å². The Morgan fingerprint density at radius 2 is 1.92 bits per heavy atom. The highest BCUT2D eigenvalue weighted by Gasteiger charge is 2.02. The average molecular weight is 202 g/mol. The minimum Gasteiger partial charge on any atom is -0.462 e. The molecule has 0 bridgehead atoms. The molecule has 0 aliphatic heterocycles. The van der Waals surface area contributed by atoms with Crippen LogP contribution in [0, 0.1) is 0 Å². The standard InChI is InChI=1S/C9H10O2.ClH2N/c1-2-11-9(10)8-6-4-3-5-7-8;1-2/h3-7H,2H2,1H3;2H2. The van der Waals surface area contributed by atoms with Gasteiger partial charge in [0, 0.05) is 0 Å². The lowest BCUT2D eigenvalue weighted by Crippen LogP contribution is -2.03. The third kappa shape index (κ3) is 4.50. The number of halogens is 1. The number of benzene rings is 1. The maximum atomic E-state index is 11.0. The van der Waals surface area contributed by atoms with Crippen LogP contribution in [0.1, 0.15) is 17.3 Å². The highest BCUT2D eigenvalue weighted by atomic mass is 35.5. The lowest BCUT2D eigenvalue weighted by molar-refractivity contribution is 0.0526. The van der Waals surface area contributed by atoms with Crippen molar-refractivity contribution < 1.29 is 9.53 Å². The van der Waals surface area contributed by atoms with E-state index in [4.69, 9.17) is 4.74 Å². The van der Waals surface area contributed by atoms with E-state index in [0.717, 1.165) is 0 Å². The summed E-state index contributed by atoms with van der Waals surface area (Å²) in [6.45, 7) is 2.22. The van der Waals surface area contributed by atoms with E-state index in [1.54, 1.807) is 19.1 Å². The lowest BCUT2D eigenvalue weighted by Gasteiger charge is -1.99. The van der Waals surface area contributed by atoms with Crippen LogP contribution in [0.3, 0.4) is 0 Å². The van der Waals surface area contributed by atoms with Crippen molar-refractivity contribution in [2.24, 2.45) is 5.25 Å². The number of carbonyl (C=O) groups is 1. The molecule has 4 heteroatoms. The molecule has 0 fully saturated rings. The second-order valence-electron chi connectivity index (χ2n) is 2.09. The Morgan fingerprint density at radius 3 is 2.38 bits per heavy atom. The predicted molar refractivity (Wildman–Crippen MR) is 52.4 cm³/mol. The maximum absolute atomic E-state index is 11.0. The zero-order valence-electron chi connectivity index (χ0n) is 7.37. The molecular formula is C9H12ClNO2. The van der Waals surface area contributed by atoms with Gasteiger partial charge in [-0.15, -0.1) is 0 Å². The maximum Gasteiger partial charge on any atom is 0.338 e. The van der Waals surface area contributed by atoms with E-state index in [9.17, 15) is 4.79 Å². The number of hydrogen-bond donors (Lipinski definition) is 1. The number of carbonyl (C=O) groups excluding carboxylic acids is 1. The molecule has 0 heterocycles.